The Balaban J connectivity index is 2.71. The zero-order valence-electron chi connectivity index (χ0n) is 7.89. The first-order chi connectivity index (χ1) is 6.18. The lowest BCUT2D eigenvalue weighted by molar-refractivity contribution is 0.710. The first-order valence-electron chi connectivity index (χ1n) is 4.23. The van der Waals surface area contributed by atoms with Gasteiger partial charge in [0.1, 0.15) is 0 Å². The molecule has 5 nitrogen and oxygen atoms in total. The first kappa shape index (κ1) is 8.10. The van der Waals surface area contributed by atoms with Crippen molar-refractivity contribution in [2.75, 3.05) is 0 Å². The molecule has 0 aromatic carbocycles. The summed E-state index contributed by atoms with van der Waals surface area (Å²) >= 11 is 0. The molecule has 0 amide bonds. The average Bonchev–Trinajstić information content (AvgIpc) is 2.46. The number of aromatic nitrogens is 5. The van der Waals surface area contributed by atoms with Gasteiger partial charge in [-0.25, -0.2) is 4.98 Å². The van der Waals surface area contributed by atoms with Crippen LogP contribution in [0.1, 0.15) is 31.3 Å². The highest BCUT2D eigenvalue weighted by atomic mass is 15.4. The minimum atomic E-state index is 0.311. The van der Waals surface area contributed by atoms with Crippen molar-refractivity contribution in [1.29, 1.82) is 0 Å². The second kappa shape index (κ2) is 2.76. The summed E-state index contributed by atoms with van der Waals surface area (Å²) in [5.41, 5.74) is 0.870. The molecule has 0 aliphatic carbocycles. The van der Waals surface area contributed by atoms with Gasteiger partial charge in [-0.1, -0.05) is 13.8 Å². The summed E-state index contributed by atoms with van der Waals surface area (Å²) in [7, 11) is 0. The smallest absolute Gasteiger partial charge is 0.216 e. The molecular formula is C8H11N5. The summed E-state index contributed by atoms with van der Waals surface area (Å²) in [4.78, 5) is 4.11. The number of nitrogens with zero attached hydrogens (tertiary/aromatic N) is 5. The predicted octanol–water partition coefficient (Wildman–Crippen LogP) is 0.951. The molecule has 0 aliphatic rings. The van der Waals surface area contributed by atoms with E-state index in [9.17, 15) is 0 Å². The molecule has 13 heavy (non-hydrogen) atoms. The summed E-state index contributed by atoms with van der Waals surface area (Å²) in [5.74, 6) is 1.73. The van der Waals surface area contributed by atoms with Crippen LogP contribution in [-0.2, 0) is 0 Å². The summed E-state index contributed by atoms with van der Waals surface area (Å²) in [6, 6.07) is 0. The van der Waals surface area contributed by atoms with Crippen LogP contribution in [0.2, 0.25) is 0 Å². The van der Waals surface area contributed by atoms with E-state index in [2.05, 4.69) is 34.1 Å². The van der Waals surface area contributed by atoms with Gasteiger partial charge in [0.05, 0.1) is 11.9 Å². The molecule has 0 saturated carbocycles. The van der Waals surface area contributed by atoms with Crippen LogP contribution in [0.3, 0.4) is 0 Å². The Bertz CT molecular complexity index is 431. The fraction of sp³-hybridized carbons (Fsp3) is 0.500. The van der Waals surface area contributed by atoms with Gasteiger partial charge in [-0.3, -0.25) is 0 Å². The maximum absolute atomic E-state index is 4.29. The second-order valence-corrected chi connectivity index (χ2v) is 3.32. The van der Waals surface area contributed by atoms with E-state index >= 15 is 0 Å². The average molecular weight is 177 g/mol. The number of hydrogen-bond acceptors (Lipinski definition) is 4. The van der Waals surface area contributed by atoms with Crippen molar-refractivity contribution in [2.45, 2.75) is 26.7 Å². The Hall–Kier alpha value is -1.52. The van der Waals surface area contributed by atoms with Crippen molar-refractivity contribution in [3.8, 4) is 0 Å². The molecule has 0 aliphatic heterocycles. The van der Waals surface area contributed by atoms with Gasteiger partial charge in [-0.15, -0.1) is 10.2 Å². The van der Waals surface area contributed by atoms with Crippen LogP contribution in [-0.4, -0.2) is 24.8 Å². The van der Waals surface area contributed by atoms with Crippen LogP contribution in [0.15, 0.2) is 6.20 Å². The van der Waals surface area contributed by atoms with E-state index in [0.717, 1.165) is 11.5 Å². The predicted molar refractivity (Wildman–Crippen MR) is 47.4 cm³/mol. The lowest BCUT2D eigenvalue weighted by atomic mass is 10.2. The fourth-order valence-corrected chi connectivity index (χ4v) is 1.15. The van der Waals surface area contributed by atoms with Crippen LogP contribution in [0, 0.1) is 6.92 Å². The highest BCUT2D eigenvalue weighted by molar-refractivity contribution is 5.25. The summed E-state index contributed by atoms with van der Waals surface area (Å²) < 4.78 is 1.69. The molecule has 68 valence electrons. The van der Waals surface area contributed by atoms with Crippen molar-refractivity contribution < 1.29 is 0 Å². The first-order valence-corrected chi connectivity index (χ1v) is 4.23. The second-order valence-electron chi connectivity index (χ2n) is 3.32. The number of hydrogen-bond donors (Lipinski definition) is 0. The van der Waals surface area contributed by atoms with Gasteiger partial charge in [-0.05, 0) is 6.92 Å². The number of fused-ring (bicyclic) bond motifs is 1. The SMILES string of the molecule is Cc1cnc2nnc(C(C)C)n2n1. The number of aryl methyl sites for hydroxylation is 1. The summed E-state index contributed by atoms with van der Waals surface area (Å²) in [6.45, 7) is 6.01. The van der Waals surface area contributed by atoms with Crippen molar-refractivity contribution in [3.63, 3.8) is 0 Å². The maximum atomic E-state index is 4.29. The molecule has 0 N–H and O–H groups in total. The van der Waals surface area contributed by atoms with E-state index in [0.29, 0.717) is 11.7 Å². The van der Waals surface area contributed by atoms with E-state index in [1.54, 1.807) is 10.7 Å². The zero-order chi connectivity index (χ0) is 9.42. The molecule has 5 heteroatoms. The molecule has 2 aromatic rings. The monoisotopic (exact) mass is 177 g/mol. The summed E-state index contributed by atoms with van der Waals surface area (Å²) in [5, 5.41) is 12.2. The van der Waals surface area contributed by atoms with Gasteiger partial charge in [0, 0.05) is 5.92 Å². The largest absolute Gasteiger partial charge is 0.271 e. The third kappa shape index (κ3) is 1.26. The molecule has 0 spiro atoms. The molecule has 2 aromatic heterocycles. The van der Waals surface area contributed by atoms with Crippen LogP contribution < -0.4 is 0 Å². The Labute approximate surface area is 75.8 Å². The Kier molecular flexibility index (Phi) is 1.72. The third-order valence-electron chi connectivity index (χ3n) is 1.79. The van der Waals surface area contributed by atoms with E-state index in [1.807, 2.05) is 6.92 Å². The van der Waals surface area contributed by atoms with E-state index in [4.69, 9.17) is 0 Å². The molecule has 0 atom stereocenters. The van der Waals surface area contributed by atoms with Crippen molar-refractivity contribution in [2.24, 2.45) is 0 Å². The maximum Gasteiger partial charge on any atom is 0.271 e. The molecule has 0 bridgehead atoms. The van der Waals surface area contributed by atoms with E-state index < -0.39 is 0 Å². The highest BCUT2D eigenvalue weighted by Gasteiger charge is 2.10. The third-order valence-corrected chi connectivity index (χ3v) is 1.79. The quantitative estimate of drug-likeness (QED) is 0.650. The van der Waals surface area contributed by atoms with Gasteiger partial charge in [0.15, 0.2) is 5.82 Å². The Morgan fingerprint density at radius 1 is 1.31 bits per heavy atom. The standard InChI is InChI=1S/C8H11N5/c1-5(2)7-10-11-8-9-4-6(3)12-13(7)8/h4-5H,1-3H3. The summed E-state index contributed by atoms with van der Waals surface area (Å²) in [6.07, 6.45) is 1.69. The molecule has 2 rings (SSSR count). The van der Waals surface area contributed by atoms with Crippen LogP contribution in [0.5, 0.6) is 0 Å². The lowest BCUT2D eigenvalue weighted by Gasteiger charge is -2.00. The lowest BCUT2D eigenvalue weighted by Crippen LogP contribution is -2.02. The van der Waals surface area contributed by atoms with E-state index in [1.165, 1.54) is 0 Å². The number of rotatable bonds is 1. The minimum Gasteiger partial charge on any atom is -0.216 e. The molecule has 0 radical (unpaired) electrons. The molecule has 0 saturated heterocycles. The van der Waals surface area contributed by atoms with Crippen LogP contribution in [0.25, 0.3) is 5.78 Å². The minimum absolute atomic E-state index is 0.311. The topological polar surface area (TPSA) is 56.0 Å². The Morgan fingerprint density at radius 3 is 2.77 bits per heavy atom. The van der Waals surface area contributed by atoms with Crippen molar-refractivity contribution in [1.82, 2.24) is 24.8 Å². The van der Waals surface area contributed by atoms with Crippen molar-refractivity contribution >= 4 is 5.78 Å². The van der Waals surface area contributed by atoms with Gasteiger partial charge in [-0.2, -0.15) is 9.61 Å². The van der Waals surface area contributed by atoms with Gasteiger partial charge < -0.3 is 0 Å². The zero-order valence-corrected chi connectivity index (χ0v) is 7.89. The Morgan fingerprint density at radius 2 is 2.08 bits per heavy atom. The normalized spacial score (nSPS) is 11.4. The van der Waals surface area contributed by atoms with Crippen LogP contribution >= 0.6 is 0 Å². The van der Waals surface area contributed by atoms with Gasteiger partial charge in [0.2, 0.25) is 0 Å². The fourth-order valence-electron chi connectivity index (χ4n) is 1.15. The van der Waals surface area contributed by atoms with E-state index in [-0.39, 0.29) is 0 Å². The highest BCUT2D eigenvalue weighted by Crippen LogP contribution is 2.10. The molecule has 0 fully saturated rings. The van der Waals surface area contributed by atoms with Crippen LogP contribution in [0.4, 0.5) is 0 Å². The molecule has 0 unspecified atom stereocenters. The van der Waals surface area contributed by atoms with Gasteiger partial charge >= 0.3 is 0 Å². The molecular weight excluding hydrogens is 166 g/mol. The molecule has 2 heterocycles. The van der Waals surface area contributed by atoms with Crippen molar-refractivity contribution in [3.05, 3.63) is 17.7 Å². The van der Waals surface area contributed by atoms with Gasteiger partial charge in [0.25, 0.3) is 5.78 Å².